The molecule has 210 valence electrons. The summed E-state index contributed by atoms with van der Waals surface area (Å²) in [5.74, 6) is 1.22. The molecule has 0 fully saturated rings. The smallest absolute Gasteiger partial charge is 0.251 e. The Morgan fingerprint density at radius 1 is 0.951 bits per heavy atom. The third-order valence-corrected chi connectivity index (χ3v) is 7.26. The molecular weight excluding hydrogens is 540 g/mol. The van der Waals surface area contributed by atoms with Crippen molar-refractivity contribution >= 4 is 29.3 Å². The van der Waals surface area contributed by atoms with E-state index in [1.54, 1.807) is 54.5 Å². The molecule has 0 saturated heterocycles. The molecule has 2 amide bonds. The zero-order chi connectivity index (χ0) is 28.8. The van der Waals surface area contributed by atoms with Crippen molar-refractivity contribution in [3.63, 3.8) is 0 Å². The van der Waals surface area contributed by atoms with Crippen molar-refractivity contribution in [2.24, 2.45) is 0 Å². The molecule has 2 heterocycles. The van der Waals surface area contributed by atoms with Crippen LogP contribution < -0.4 is 19.5 Å². The standard InChI is InChI=1S/C31H30N4O5S/c1-20-15-21(2)33-31(32-20)41-18-28(36)35(17-22-7-5-4-6-8-22)29(23-9-14-26-27(16-23)40-19-39-26)30(37)34-24-10-12-25(38-3)13-11-24/h4-16,29H,17-19H2,1-3H3,(H,34,37)/t29-/m1/s1. The number of carbonyl (C=O) groups is 2. The molecule has 3 aromatic carbocycles. The van der Waals surface area contributed by atoms with E-state index in [0.717, 1.165) is 17.0 Å². The van der Waals surface area contributed by atoms with Gasteiger partial charge in [-0.05, 0) is 67.4 Å². The van der Waals surface area contributed by atoms with Gasteiger partial charge in [0.05, 0.1) is 12.9 Å². The molecule has 1 aromatic heterocycles. The number of methoxy groups -OCH3 is 1. The molecule has 0 spiro atoms. The van der Waals surface area contributed by atoms with Gasteiger partial charge in [-0.1, -0.05) is 48.2 Å². The molecule has 1 N–H and O–H groups in total. The number of hydrogen-bond acceptors (Lipinski definition) is 8. The fourth-order valence-electron chi connectivity index (χ4n) is 4.51. The van der Waals surface area contributed by atoms with E-state index in [0.29, 0.717) is 33.7 Å². The van der Waals surface area contributed by atoms with Gasteiger partial charge in [0.25, 0.3) is 5.91 Å². The summed E-state index contributed by atoms with van der Waals surface area (Å²) < 4.78 is 16.3. The zero-order valence-electron chi connectivity index (χ0n) is 23.0. The molecule has 0 bridgehead atoms. The highest BCUT2D eigenvalue weighted by Gasteiger charge is 2.33. The van der Waals surface area contributed by atoms with E-state index in [1.807, 2.05) is 50.2 Å². The Kier molecular flexibility index (Phi) is 8.69. The number of aromatic nitrogens is 2. The largest absolute Gasteiger partial charge is 0.497 e. The Morgan fingerprint density at radius 2 is 1.66 bits per heavy atom. The third kappa shape index (κ3) is 6.96. The van der Waals surface area contributed by atoms with Crippen molar-refractivity contribution in [2.45, 2.75) is 31.6 Å². The Balaban J connectivity index is 1.50. The van der Waals surface area contributed by atoms with E-state index < -0.39 is 6.04 Å². The summed E-state index contributed by atoms with van der Waals surface area (Å²) in [7, 11) is 1.58. The molecule has 0 aliphatic carbocycles. The van der Waals surface area contributed by atoms with Crippen molar-refractivity contribution in [1.29, 1.82) is 0 Å². The first kappa shape index (κ1) is 28.0. The number of amides is 2. The van der Waals surface area contributed by atoms with Gasteiger partial charge in [0.1, 0.15) is 11.8 Å². The van der Waals surface area contributed by atoms with Crippen LogP contribution in [0.25, 0.3) is 0 Å². The zero-order valence-corrected chi connectivity index (χ0v) is 23.8. The highest BCUT2D eigenvalue weighted by molar-refractivity contribution is 7.99. The van der Waals surface area contributed by atoms with Crippen molar-refractivity contribution in [3.8, 4) is 17.2 Å². The highest BCUT2D eigenvalue weighted by atomic mass is 32.2. The number of nitrogens with zero attached hydrogens (tertiary/aromatic N) is 3. The summed E-state index contributed by atoms with van der Waals surface area (Å²) in [5.41, 5.74) is 3.71. The van der Waals surface area contributed by atoms with Crippen LogP contribution in [0, 0.1) is 13.8 Å². The van der Waals surface area contributed by atoms with Crippen LogP contribution in [0.5, 0.6) is 17.2 Å². The SMILES string of the molecule is COc1ccc(NC(=O)[C@@H](c2ccc3c(c2)OCO3)N(Cc2ccccc2)C(=O)CSc2nc(C)cc(C)n2)cc1. The quantitative estimate of drug-likeness (QED) is 0.202. The van der Waals surface area contributed by atoms with Gasteiger partial charge in [-0.15, -0.1) is 0 Å². The van der Waals surface area contributed by atoms with E-state index in [2.05, 4.69) is 15.3 Å². The average molecular weight is 571 g/mol. The summed E-state index contributed by atoms with van der Waals surface area (Å²) in [6.07, 6.45) is 0. The number of thioether (sulfide) groups is 1. The van der Waals surface area contributed by atoms with Gasteiger partial charge in [-0.3, -0.25) is 9.59 Å². The molecule has 41 heavy (non-hydrogen) atoms. The molecule has 0 unspecified atom stereocenters. The first-order chi connectivity index (χ1) is 19.9. The maximum Gasteiger partial charge on any atom is 0.251 e. The Labute approximate surface area is 242 Å². The summed E-state index contributed by atoms with van der Waals surface area (Å²) in [4.78, 5) is 38.5. The summed E-state index contributed by atoms with van der Waals surface area (Å²) >= 11 is 1.24. The number of hydrogen-bond donors (Lipinski definition) is 1. The molecule has 10 heteroatoms. The lowest BCUT2D eigenvalue weighted by Crippen LogP contribution is -2.41. The van der Waals surface area contributed by atoms with E-state index in [4.69, 9.17) is 14.2 Å². The normalized spacial score (nSPS) is 12.5. The number of fused-ring (bicyclic) bond motifs is 1. The topological polar surface area (TPSA) is 103 Å². The van der Waals surface area contributed by atoms with Gasteiger partial charge in [-0.2, -0.15) is 0 Å². The van der Waals surface area contributed by atoms with Crippen LogP contribution in [-0.2, 0) is 16.1 Å². The third-order valence-electron chi connectivity index (χ3n) is 6.43. The Hall–Kier alpha value is -4.57. The first-order valence-electron chi connectivity index (χ1n) is 13.0. The highest BCUT2D eigenvalue weighted by Crippen LogP contribution is 2.37. The summed E-state index contributed by atoms with van der Waals surface area (Å²) in [6.45, 7) is 4.09. The minimum atomic E-state index is -0.972. The second kappa shape index (κ2) is 12.7. The van der Waals surface area contributed by atoms with Crippen molar-refractivity contribution < 1.29 is 23.8 Å². The van der Waals surface area contributed by atoms with Gasteiger partial charge < -0.3 is 24.4 Å². The minimum absolute atomic E-state index is 0.0482. The van der Waals surface area contributed by atoms with E-state index in [-0.39, 0.29) is 30.9 Å². The Morgan fingerprint density at radius 3 is 2.37 bits per heavy atom. The maximum atomic E-state index is 14.0. The van der Waals surface area contributed by atoms with E-state index in [1.165, 1.54) is 11.8 Å². The van der Waals surface area contributed by atoms with Gasteiger partial charge >= 0.3 is 0 Å². The van der Waals surface area contributed by atoms with Crippen LogP contribution in [0.15, 0.2) is 84.0 Å². The second-order valence-corrected chi connectivity index (χ2v) is 10.4. The Bertz CT molecular complexity index is 1510. The first-order valence-corrected chi connectivity index (χ1v) is 14.0. The molecule has 0 radical (unpaired) electrons. The van der Waals surface area contributed by atoms with E-state index >= 15 is 0 Å². The fraction of sp³-hybridized carbons (Fsp3) is 0.226. The molecular formula is C31H30N4O5S. The maximum absolute atomic E-state index is 14.0. The predicted molar refractivity (Wildman–Crippen MR) is 156 cm³/mol. The average Bonchev–Trinajstić information content (AvgIpc) is 3.44. The fourth-order valence-corrected chi connectivity index (χ4v) is 5.35. The summed E-state index contributed by atoms with van der Waals surface area (Å²) in [6, 6.07) is 22.8. The van der Waals surface area contributed by atoms with Gasteiger partial charge in [0.15, 0.2) is 16.7 Å². The van der Waals surface area contributed by atoms with Crippen LogP contribution in [0.2, 0.25) is 0 Å². The molecule has 0 saturated carbocycles. The van der Waals surface area contributed by atoms with Crippen LogP contribution >= 0.6 is 11.8 Å². The lowest BCUT2D eigenvalue weighted by molar-refractivity contribution is -0.137. The predicted octanol–water partition coefficient (Wildman–Crippen LogP) is 5.33. The van der Waals surface area contributed by atoms with Crippen LogP contribution in [0.3, 0.4) is 0 Å². The molecule has 4 aromatic rings. The number of rotatable bonds is 10. The summed E-state index contributed by atoms with van der Waals surface area (Å²) in [5, 5.41) is 3.49. The molecule has 1 atom stereocenters. The van der Waals surface area contributed by atoms with E-state index in [9.17, 15) is 9.59 Å². The molecule has 5 rings (SSSR count). The van der Waals surface area contributed by atoms with Crippen molar-refractivity contribution in [1.82, 2.24) is 14.9 Å². The van der Waals surface area contributed by atoms with Gasteiger partial charge in [0, 0.05) is 23.6 Å². The molecule has 9 nitrogen and oxygen atoms in total. The number of carbonyl (C=O) groups excluding carboxylic acids is 2. The van der Waals surface area contributed by atoms with Crippen LogP contribution in [0.1, 0.15) is 28.6 Å². The second-order valence-electron chi connectivity index (χ2n) is 9.46. The molecule has 1 aliphatic heterocycles. The van der Waals surface area contributed by atoms with Gasteiger partial charge in [0.2, 0.25) is 12.7 Å². The number of anilines is 1. The lowest BCUT2D eigenvalue weighted by Gasteiger charge is -2.31. The van der Waals surface area contributed by atoms with Crippen molar-refractivity contribution in [3.05, 3.63) is 101 Å². The lowest BCUT2D eigenvalue weighted by atomic mass is 10.0. The van der Waals surface area contributed by atoms with Gasteiger partial charge in [-0.25, -0.2) is 9.97 Å². The number of benzene rings is 3. The van der Waals surface area contributed by atoms with Crippen molar-refractivity contribution in [2.75, 3.05) is 25.0 Å². The minimum Gasteiger partial charge on any atom is -0.497 e. The number of ether oxygens (including phenoxy) is 3. The van der Waals surface area contributed by atoms with Crippen LogP contribution in [-0.4, -0.2) is 46.3 Å². The number of nitrogens with one attached hydrogen (secondary N) is 1. The number of aryl methyl sites for hydroxylation is 2. The monoisotopic (exact) mass is 570 g/mol. The molecule has 1 aliphatic rings. The van der Waals surface area contributed by atoms with Crippen LogP contribution in [0.4, 0.5) is 5.69 Å².